The summed E-state index contributed by atoms with van der Waals surface area (Å²) in [6.07, 6.45) is 0. The summed E-state index contributed by atoms with van der Waals surface area (Å²) < 4.78 is 1.17. The summed E-state index contributed by atoms with van der Waals surface area (Å²) >= 11 is 2.26. The van der Waals surface area contributed by atoms with Crippen molar-refractivity contribution in [3.8, 4) is 0 Å². The van der Waals surface area contributed by atoms with E-state index < -0.39 is 0 Å². The Kier molecular flexibility index (Phi) is 5.29. The van der Waals surface area contributed by atoms with Gasteiger partial charge in [0.1, 0.15) is 0 Å². The van der Waals surface area contributed by atoms with E-state index in [9.17, 15) is 0 Å². The first-order valence-electron chi connectivity index (χ1n) is 8.45. The lowest BCUT2D eigenvalue weighted by Crippen LogP contribution is -1.72. The standard InChI is InChI=1S/C22H15IN4/c23-17-8-10-18(11-9-17)24-25-19-12-14-20(15-13-19)26-27-22-7-3-5-16-4-1-2-6-21(16)22/h1-15H. The summed E-state index contributed by atoms with van der Waals surface area (Å²) in [5, 5.41) is 19.5. The Morgan fingerprint density at radius 1 is 0.481 bits per heavy atom. The van der Waals surface area contributed by atoms with Gasteiger partial charge in [-0.05, 0) is 82.6 Å². The number of rotatable bonds is 4. The molecule has 4 aromatic carbocycles. The summed E-state index contributed by atoms with van der Waals surface area (Å²) in [6, 6.07) is 29.6. The minimum absolute atomic E-state index is 0.774. The quantitative estimate of drug-likeness (QED) is 0.217. The molecule has 0 bridgehead atoms. The van der Waals surface area contributed by atoms with Gasteiger partial charge in [-0.1, -0.05) is 36.4 Å². The molecule has 0 unspecified atom stereocenters. The highest BCUT2D eigenvalue weighted by Crippen LogP contribution is 2.28. The van der Waals surface area contributed by atoms with Crippen molar-refractivity contribution in [2.75, 3.05) is 0 Å². The van der Waals surface area contributed by atoms with Crippen LogP contribution >= 0.6 is 22.6 Å². The number of hydrogen-bond acceptors (Lipinski definition) is 4. The zero-order valence-corrected chi connectivity index (χ0v) is 16.5. The Morgan fingerprint density at radius 3 is 1.67 bits per heavy atom. The van der Waals surface area contributed by atoms with Gasteiger partial charge in [0.15, 0.2) is 0 Å². The van der Waals surface area contributed by atoms with Gasteiger partial charge in [0, 0.05) is 8.96 Å². The van der Waals surface area contributed by atoms with Gasteiger partial charge < -0.3 is 0 Å². The van der Waals surface area contributed by atoms with Crippen molar-refractivity contribution in [1.82, 2.24) is 0 Å². The number of hydrogen-bond donors (Lipinski definition) is 0. The van der Waals surface area contributed by atoms with Crippen LogP contribution in [0.2, 0.25) is 0 Å². The predicted octanol–water partition coefficient (Wildman–Crippen LogP) is 8.28. The Hall–Kier alpha value is -2.93. The molecule has 0 aliphatic rings. The van der Waals surface area contributed by atoms with Crippen LogP contribution in [0, 0.1) is 3.57 Å². The fourth-order valence-electron chi connectivity index (χ4n) is 2.62. The third kappa shape index (κ3) is 4.43. The van der Waals surface area contributed by atoms with E-state index in [0.29, 0.717) is 0 Å². The first kappa shape index (κ1) is 17.5. The topological polar surface area (TPSA) is 49.4 Å². The first-order valence-corrected chi connectivity index (χ1v) is 9.53. The Labute approximate surface area is 170 Å². The summed E-state index contributed by atoms with van der Waals surface area (Å²) in [7, 11) is 0. The van der Waals surface area contributed by atoms with Gasteiger partial charge in [-0.15, -0.1) is 5.11 Å². The molecule has 4 rings (SSSR count). The molecule has 4 aromatic rings. The van der Waals surface area contributed by atoms with Crippen LogP contribution in [0.5, 0.6) is 0 Å². The van der Waals surface area contributed by atoms with Crippen molar-refractivity contribution in [3.05, 3.63) is 94.6 Å². The van der Waals surface area contributed by atoms with Gasteiger partial charge in [-0.3, -0.25) is 0 Å². The molecule has 0 saturated carbocycles. The van der Waals surface area contributed by atoms with E-state index in [1.807, 2.05) is 72.8 Å². The average Bonchev–Trinajstić information content (AvgIpc) is 2.72. The van der Waals surface area contributed by atoms with Gasteiger partial charge in [-0.25, -0.2) is 0 Å². The average molecular weight is 462 g/mol. The monoisotopic (exact) mass is 462 g/mol. The Morgan fingerprint density at radius 2 is 1.00 bits per heavy atom. The SMILES string of the molecule is Ic1ccc(N=Nc2ccc(N=Nc3cccc4ccccc34)cc2)cc1. The van der Waals surface area contributed by atoms with Crippen LogP contribution in [0.25, 0.3) is 10.8 Å². The molecule has 0 amide bonds. The van der Waals surface area contributed by atoms with Crippen molar-refractivity contribution < 1.29 is 0 Å². The second-order valence-electron chi connectivity index (χ2n) is 5.89. The van der Waals surface area contributed by atoms with Crippen LogP contribution in [-0.2, 0) is 0 Å². The third-order valence-electron chi connectivity index (χ3n) is 4.00. The molecule has 0 aliphatic carbocycles. The number of fused-ring (bicyclic) bond motifs is 1. The molecule has 4 nitrogen and oxygen atoms in total. The minimum atomic E-state index is 0.774. The molecule has 0 spiro atoms. The van der Waals surface area contributed by atoms with Crippen molar-refractivity contribution in [2.24, 2.45) is 20.5 Å². The Balaban J connectivity index is 1.50. The van der Waals surface area contributed by atoms with Gasteiger partial charge in [0.25, 0.3) is 0 Å². The summed E-state index contributed by atoms with van der Waals surface area (Å²) in [6.45, 7) is 0. The molecule has 0 aliphatic heterocycles. The Bertz CT molecular complexity index is 1110. The second-order valence-corrected chi connectivity index (χ2v) is 7.14. The lowest BCUT2D eigenvalue weighted by Gasteiger charge is -2.00. The van der Waals surface area contributed by atoms with E-state index in [2.05, 4.69) is 61.2 Å². The first-order chi connectivity index (χ1) is 13.3. The molecule has 0 heterocycles. The van der Waals surface area contributed by atoms with E-state index in [1.54, 1.807) is 0 Å². The van der Waals surface area contributed by atoms with Crippen molar-refractivity contribution in [3.63, 3.8) is 0 Å². The summed E-state index contributed by atoms with van der Waals surface area (Å²) in [5.41, 5.74) is 3.24. The van der Waals surface area contributed by atoms with Crippen molar-refractivity contribution in [1.29, 1.82) is 0 Å². The number of benzene rings is 4. The largest absolute Gasteiger partial charge is 0.151 e. The molecule has 0 radical (unpaired) electrons. The van der Waals surface area contributed by atoms with E-state index in [1.165, 1.54) is 3.57 Å². The molecule has 5 heteroatoms. The minimum Gasteiger partial charge on any atom is -0.151 e. The normalized spacial score (nSPS) is 11.6. The van der Waals surface area contributed by atoms with Crippen molar-refractivity contribution >= 4 is 56.1 Å². The van der Waals surface area contributed by atoms with Gasteiger partial charge in [0.2, 0.25) is 0 Å². The smallest absolute Gasteiger partial charge is 0.0935 e. The van der Waals surface area contributed by atoms with Crippen LogP contribution < -0.4 is 0 Å². The predicted molar refractivity (Wildman–Crippen MR) is 118 cm³/mol. The zero-order chi connectivity index (χ0) is 18.5. The molecule has 0 atom stereocenters. The lowest BCUT2D eigenvalue weighted by atomic mass is 10.1. The maximum absolute atomic E-state index is 4.41. The highest BCUT2D eigenvalue weighted by atomic mass is 127. The number of nitrogens with zero attached hydrogens (tertiary/aromatic N) is 4. The van der Waals surface area contributed by atoms with Gasteiger partial charge >= 0.3 is 0 Å². The maximum Gasteiger partial charge on any atom is 0.0935 e. The molecule has 27 heavy (non-hydrogen) atoms. The van der Waals surface area contributed by atoms with Gasteiger partial charge in [0.05, 0.1) is 22.7 Å². The van der Waals surface area contributed by atoms with Crippen LogP contribution in [0.15, 0.2) is 111 Å². The zero-order valence-electron chi connectivity index (χ0n) is 14.3. The highest BCUT2D eigenvalue weighted by Gasteiger charge is 1.99. The van der Waals surface area contributed by atoms with Crippen LogP contribution in [-0.4, -0.2) is 0 Å². The van der Waals surface area contributed by atoms with E-state index >= 15 is 0 Å². The number of azo groups is 2. The maximum atomic E-state index is 4.41. The van der Waals surface area contributed by atoms with E-state index in [-0.39, 0.29) is 0 Å². The fourth-order valence-corrected chi connectivity index (χ4v) is 2.98. The highest BCUT2D eigenvalue weighted by molar-refractivity contribution is 14.1. The molecular weight excluding hydrogens is 447 g/mol. The molecule has 0 N–H and O–H groups in total. The summed E-state index contributed by atoms with van der Waals surface area (Å²) in [5.74, 6) is 0. The van der Waals surface area contributed by atoms with Crippen LogP contribution in [0.3, 0.4) is 0 Å². The van der Waals surface area contributed by atoms with Crippen LogP contribution in [0.1, 0.15) is 0 Å². The summed E-state index contributed by atoms with van der Waals surface area (Å²) in [4.78, 5) is 0. The lowest BCUT2D eigenvalue weighted by molar-refractivity contribution is 1.21. The van der Waals surface area contributed by atoms with E-state index in [4.69, 9.17) is 0 Å². The molecular formula is C22H15IN4. The fraction of sp³-hybridized carbons (Fsp3) is 0. The molecule has 130 valence electrons. The molecule has 0 fully saturated rings. The molecule has 0 saturated heterocycles. The van der Waals surface area contributed by atoms with Crippen molar-refractivity contribution in [2.45, 2.75) is 0 Å². The third-order valence-corrected chi connectivity index (χ3v) is 4.72. The second kappa shape index (κ2) is 8.18. The van der Waals surface area contributed by atoms with E-state index in [0.717, 1.165) is 33.5 Å². The number of halogens is 1. The molecule has 0 aromatic heterocycles. The van der Waals surface area contributed by atoms with Gasteiger partial charge in [-0.2, -0.15) is 15.3 Å². The van der Waals surface area contributed by atoms with Crippen LogP contribution in [0.4, 0.5) is 22.7 Å².